The van der Waals surface area contributed by atoms with Crippen LogP contribution < -0.4 is 5.32 Å². The van der Waals surface area contributed by atoms with Gasteiger partial charge >= 0.3 is 0 Å². The first-order chi connectivity index (χ1) is 9.24. The lowest BCUT2D eigenvalue weighted by Crippen LogP contribution is -2.37. The van der Waals surface area contributed by atoms with Crippen molar-refractivity contribution in [1.29, 1.82) is 0 Å². The van der Waals surface area contributed by atoms with Gasteiger partial charge in [0.05, 0.1) is 0 Å². The molecule has 0 aromatic heterocycles. The minimum absolute atomic E-state index is 0.189. The Labute approximate surface area is 120 Å². The monoisotopic (exact) mass is 279 g/mol. The Hall–Kier alpha value is -1.02. The number of aryl methyl sites for hydroxylation is 1. The summed E-state index contributed by atoms with van der Waals surface area (Å²) in [6.45, 7) is 0. The van der Waals surface area contributed by atoms with E-state index >= 15 is 0 Å². The van der Waals surface area contributed by atoms with Crippen LogP contribution in [0.4, 0.5) is 0 Å². The molecular formula is C16H22ClNO. The predicted octanol–water partition coefficient (Wildman–Crippen LogP) is 3.68. The van der Waals surface area contributed by atoms with Crippen molar-refractivity contribution in [3.05, 3.63) is 35.9 Å². The molecular weight excluding hydrogens is 258 g/mol. The number of halogens is 1. The van der Waals surface area contributed by atoms with Crippen LogP contribution in [-0.2, 0) is 11.2 Å². The van der Waals surface area contributed by atoms with Gasteiger partial charge in [0.2, 0.25) is 5.91 Å². The van der Waals surface area contributed by atoms with E-state index in [4.69, 9.17) is 11.6 Å². The minimum atomic E-state index is 0.189. The van der Waals surface area contributed by atoms with E-state index in [0.717, 1.165) is 38.5 Å². The summed E-state index contributed by atoms with van der Waals surface area (Å²) in [5.41, 5.74) is 1.30. The van der Waals surface area contributed by atoms with Gasteiger partial charge in [0.1, 0.15) is 0 Å². The summed E-state index contributed by atoms with van der Waals surface area (Å²) in [7, 11) is 0. The molecule has 3 heteroatoms. The lowest BCUT2D eigenvalue weighted by atomic mass is 9.95. The predicted molar refractivity (Wildman–Crippen MR) is 79.4 cm³/mol. The van der Waals surface area contributed by atoms with Gasteiger partial charge in [0.25, 0.3) is 0 Å². The maximum absolute atomic E-state index is 11.8. The second-order valence-electron chi connectivity index (χ2n) is 5.36. The molecule has 2 rings (SSSR count). The number of alkyl halides is 1. The Kier molecular flexibility index (Phi) is 5.71. The van der Waals surface area contributed by atoms with Gasteiger partial charge < -0.3 is 5.32 Å². The van der Waals surface area contributed by atoms with E-state index in [9.17, 15) is 4.79 Å². The van der Waals surface area contributed by atoms with E-state index in [0.29, 0.717) is 17.8 Å². The summed E-state index contributed by atoms with van der Waals surface area (Å²) in [4.78, 5) is 11.8. The van der Waals surface area contributed by atoms with Gasteiger partial charge in [-0.25, -0.2) is 0 Å². The summed E-state index contributed by atoms with van der Waals surface area (Å²) in [5, 5.41) is 3.44. The number of benzene rings is 1. The molecule has 19 heavy (non-hydrogen) atoms. The normalized spacial score (nSPS) is 23.0. The van der Waals surface area contributed by atoms with Gasteiger partial charge in [-0.2, -0.15) is 0 Å². The van der Waals surface area contributed by atoms with Crippen molar-refractivity contribution in [3.8, 4) is 0 Å². The third kappa shape index (κ3) is 5.23. The van der Waals surface area contributed by atoms with Gasteiger partial charge in [0, 0.05) is 17.8 Å². The Morgan fingerprint density at radius 2 is 1.84 bits per heavy atom. The van der Waals surface area contributed by atoms with Crippen molar-refractivity contribution in [3.63, 3.8) is 0 Å². The molecule has 1 aromatic carbocycles. The molecule has 1 fully saturated rings. The maximum Gasteiger partial charge on any atom is 0.220 e. The molecule has 104 valence electrons. The van der Waals surface area contributed by atoms with E-state index < -0.39 is 0 Å². The molecule has 0 unspecified atom stereocenters. The number of carbonyl (C=O) groups excluding carboxylic acids is 1. The molecule has 0 aliphatic heterocycles. The average Bonchev–Trinajstić information content (AvgIpc) is 2.43. The average molecular weight is 280 g/mol. The standard InChI is InChI=1S/C16H22ClNO/c17-14-9-11-15(12-10-14)18-16(19)8-4-7-13-5-2-1-3-6-13/h1-3,5-6,14-15H,4,7-12H2,(H,18,19). The Morgan fingerprint density at radius 3 is 2.53 bits per heavy atom. The highest BCUT2D eigenvalue weighted by Gasteiger charge is 2.20. The van der Waals surface area contributed by atoms with E-state index in [2.05, 4.69) is 17.4 Å². The molecule has 2 nitrogen and oxygen atoms in total. The lowest BCUT2D eigenvalue weighted by Gasteiger charge is -2.25. The molecule has 0 atom stereocenters. The van der Waals surface area contributed by atoms with Crippen LogP contribution in [0.5, 0.6) is 0 Å². The maximum atomic E-state index is 11.8. The number of amides is 1. The summed E-state index contributed by atoms with van der Waals surface area (Å²) < 4.78 is 0. The second kappa shape index (κ2) is 7.54. The third-order valence-electron chi connectivity index (χ3n) is 3.73. The fraction of sp³-hybridized carbons (Fsp3) is 0.562. The topological polar surface area (TPSA) is 29.1 Å². The molecule has 1 saturated carbocycles. The SMILES string of the molecule is O=C(CCCc1ccccc1)NC1CCC(Cl)CC1. The first kappa shape index (κ1) is 14.4. The van der Waals surface area contributed by atoms with Crippen molar-refractivity contribution < 1.29 is 4.79 Å². The molecule has 0 radical (unpaired) electrons. The largest absolute Gasteiger partial charge is 0.353 e. The number of carbonyl (C=O) groups is 1. The Bertz CT molecular complexity index is 385. The van der Waals surface area contributed by atoms with Gasteiger partial charge in [-0.1, -0.05) is 30.3 Å². The molecule has 0 saturated heterocycles. The third-order valence-corrected chi connectivity index (χ3v) is 4.17. The van der Waals surface area contributed by atoms with E-state index in [1.807, 2.05) is 18.2 Å². The van der Waals surface area contributed by atoms with Crippen LogP contribution in [0.1, 0.15) is 44.1 Å². The van der Waals surface area contributed by atoms with Crippen LogP contribution >= 0.6 is 11.6 Å². The number of hydrogen-bond acceptors (Lipinski definition) is 1. The van der Waals surface area contributed by atoms with Crippen molar-refractivity contribution in [1.82, 2.24) is 5.32 Å². The summed E-state index contributed by atoms with van der Waals surface area (Å²) in [6.07, 6.45) is 6.61. The summed E-state index contributed by atoms with van der Waals surface area (Å²) >= 11 is 6.06. The van der Waals surface area contributed by atoms with Crippen LogP contribution in [-0.4, -0.2) is 17.3 Å². The first-order valence-corrected chi connectivity index (χ1v) is 7.65. The Balaban J connectivity index is 1.62. The zero-order valence-electron chi connectivity index (χ0n) is 11.3. The van der Waals surface area contributed by atoms with Crippen LogP contribution in [0.3, 0.4) is 0 Å². The highest BCUT2D eigenvalue weighted by molar-refractivity contribution is 6.20. The molecule has 1 aliphatic rings. The number of hydrogen-bond donors (Lipinski definition) is 1. The molecule has 1 aromatic rings. The fourth-order valence-electron chi connectivity index (χ4n) is 2.59. The van der Waals surface area contributed by atoms with Crippen molar-refractivity contribution in [2.75, 3.05) is 0 Å². The zero-order valence-corrected chi connectivity index (χ0v) is 12.0. The highest BCUT2D eigenvalue weighted by atomic mass is 35.5. The molecule has 0 heterocycles. The molecule has 1 aliphatic carbocycles. The Morgan fingerprint density at radius 1 is 1.16 bits per heavy atom. The van der Waals surface area contributed by atoms with Gasteiger partial charge in [-0.3, -0.25) is 4.79 Å². The van der Waals surface area contributed by atoms with Crippen molar-refractivity contribution in [2.24, 2.45) is 0 Å². The van der Waals surface area contributed by atoms with Crippen LogP contribution in [0.15, 0.2) is 30.3 Å². The van der Waals surface area contributed by atoms with E-state index in [-0.39, 0.29) is 5.91 Å². The molecule has 0 bridgehead atoms. The fourth-order valence-corrected chi connectivity index (χ4v) is 2.85. The molecule has 0 spiro atoms. The summed E-state index contributed by atoms with van der Waals surface area (Å²) in [5.74, 6) is 0.189. The van der Waals surface area contributed by atoms with Gasteiger partial charge in [-0.05, 0) is 44.1 Å². The van der Waals surface area contributed by atoms with Gasteiger partial charge in [0.15, 0.2) is 0 Å². The minimum Gasteiger partial charge on any atom is -0.353 e. The lowest BCUT2D eigenvalue weighted by molar-refractivity contribution is -0.122. The zero-order chi connectivity index (χ0) is 13.5. The second-order valence-corrected chi connectivity index (χ2v) is 5.97. The van der Waals surface area contributed by atoms with Gasteiger partial charge in [-0.15, -0.1) is 11.6 Å². The van der Waals surface area contributed by atoms with E-state index in [1.54, 1.807) is 0 Å². The smallest absolute Gasteiger partial charge is 0.220 e. The van der Waals surface area contributed by atoms with Crippen molar-refractivity contribution >= 4 is 17.5 Å². The highest BCUT2D eigenvalue weighted by Crippen LogP contribution is 2.22. The number of rotatable bonds is 5. The quantitative estimate of drug-likeness (QED) is 0.819. The van der Waals surface area contributed by atoms with Crippen LogP contribution in [0, 0.1) is 0 Å². The first-order valence-electron chi connectivity index (χ1n) is 7.21. The van der Waals surface area contributed by atoms with Crippen molar-refractivity contribution in [2.45, 2.75) is 56.4 Å². The number of nitrogens with one attached hydrogen (secondary N) is 1. The molecule has 1 N–H and O–H groups in total. The van der Waals surface area contributed by atoms with E-state index in [1.165, 1.54) is 5.56 Å². The summed E-state index contributed by atoms with van der Waals surface area (Å²) in [6, 6.07) is 10.7. The van der Waals surface area contributed by atoms with Crippen LogP contribution in [0.2, 0.25) is 0 Å². The van der Waals surface area contributed by atoms with Crippen LogP contribution in [0.25, 0.3) is 0 Å². The molecule has 1 amide bonds.